The number of methoxy groups -OCH3 is 2. The summed E-state index contributed by atoms with van der Waals surface area (Å²) in [5.41, 5.74) is 1.21. The number of carbonyl (C=O) groups is 1. The molecule has 0 aromatic heterocycles. The number of hydrogen-bond donors (Lipinski definition) is 0. The summed E-state index contributed by atoms with van der Waals surface area (Å²) in [4.78, 5) is 41.4. The lowest BCUT2D eigenvalue weighted by molar-refractivity contribution is -0.385. The van der Waals surface area contributed by atoms with Gasteiger partial charge in [0.1, 0.15) is 17.3 Å². The molecule has 1 amide bonds. The van der Waals surface area contributed by atoms with Gasteiger partial charge in [-0.1, -0.05) is 0 Å². The maximum Gasteiger partial charge on any atom is 0.269 e. The van der Waals surface area contributed by atoms with Crippen LogP contribution in [0.5, 0.6) is 11.5 Å². The zero-order valence-corrected chi connectivity index (χ0v) is 20.9. The quantitative estimate of drug-likeness (QED) is 0.120. The predicted molar refractivity (Wildman–Crippen MR) is 145 cm³/mol. The number of nitrogens with zero attached hydrogens (tertiary/aromatic N) is 4. The second-order valence-corrected chi connectivity index (χ2v) is 8.08. The van der Waals surface area contributed by atoms with Gasteiger partial charge >= 0.3 is 0 Å². The molecule has 0 saturated carbocycles. The number of nitro groups is 2. The molecule has 0 bridgehead atoms. The van der Waals surface area contributed by atoms with Crippen LogP contribution >= 0.6 is 0 Å². The molecule has 196 valence electrons. The fourth-order valence-corrected chi connectivity index (χ4v) is 3.68. The number of amides is 1. The molecule has 0 heterocycles. The molecule has 0 saturated heterocycles. The van der Waals surface area contributed by atoms with Crippen LogP contribution in [-0.4, -0.2) is 35.8 Å². The molecule has 0 aliphatic carbocycles. The number of anilines is 1. The van der Waals surface area contributed by atoms with E-state index in [2.05, 4.69) is 0 Å². The molecule has 0 spiro atoms. The summed E-state index contributed by atoms with van der Waals surface area (Å²) in [6, 6.07) is 24.3. The Balaban J connectivity index is 1.91. The Morgan fingerprint density at radius 3 is 1.54 bits per heavy atom. The number of nitro benzene ring substituents is 2. The van der Waals surface area contributed by atoms with E-state index in [1.54, 1.807) is 48.5 Å². The van der Waals surface area contributed by atoms with Crippen LogP contribution < -0.4 is 14.4 Å². The Hall–Kier alpha value is -5.58. The zero-order chi connectivity index (χ0) is 27.9. The molecule has 4 rings (SSSR count). The molecular formula is C28H22N4O7. The first-order valence-electron chi connectivity index (χ1n) is 11.5. The Bertz CT molecular complexity index is 1520. The molecule has 0 atom stereocenters. The second kappa shape index (κ2) is 11.6. The van der Waals surface area contributed by atoms with Crippen LogP contribution in [0.3, 0.4) is 0 Å². The van der Waals surface area contributed by atoms with Gasteiger partial charge in [0.15, 0.2) is 0 Å². The average Bonchev–Trinajstić information content (AvgIpc) is 2.97. The molecule has 11 heteroatoms. The van der Waals surface area contributed by atoms with Crippen molar-refractivity contribution in [3.05, 3.63) is 128 Å². The summed E-state index contributed by atoms with van der Waals surface area (Å²) < 4.78 is 10.5. The lowest BCUT2D eigenvalue weighted by Crippen LogP contribution is -2.37. The van der Waals surface area contributed by atoms with E-state index >= 15 is 0 Å². The SMILES string of the molecule is COc1ccc(N=C(c2ccc([N+](=O)[O-])cc2)N(C(=O)c2ccc([N+](=O)[O-])cc2)c2ccc(OC)cc2)cc1. The van der Waals surface area contributed by atoms with Gasteiger partial charge in [0.2, 0.25) is 0 Å². The maximum atomic E-state index is 14.0. The topological polar surface area (TPSA) is 137 Å². The van der Waals surface area contributed by atoms with E-state index in [4.69, 9.17) is 14.5 Å². The van der Waals surface area contributed by atoms with E-state index in [-0.39, 0.29) is 22.8 Å². The van der Waals surface area contributed by atoms with Crippen molar-refractivity contribution in [1.29, 1.82) is 0 Å². The standard InChI is InChI=1S/C28H22N4O7/c1-38-25-15-7-21(8-16-25)29-27(19-3-9-23(10-4-19)31(34)35)30(22-13-17-26(39-2)18-14-22)28(33)20-5-11-24(12-6-20)32(36)37/h3-18H,1-2H3. The van der Waals surface area contributed by atoms with Crippen molar-refractivity contribution < 1.29 is 24.1 Å². The van der Waals surface area contributed by atoms with Gasteiger partial charge in [-0.15, -0.1) is 0 Å². The summed E-state index contributed by atoms with van der Waals surface area (Å²) in [6.45, 7) is 0. The number of aliphatic imine (C=N–C) groups is 1. The lowest BCUT2D eigenvalue weighted by Gasteiger charge is -2.25. The van der Waals surface area contributed by atoms with Crippen LogP contribution in [0.4, 0.5) is 22.7 Å². The van der Waals surface area contributed by atoms with Crippen molar-refractivity contribution in [1.82, 2.24) is 0 Å². The first-order valence-corrected chi connectivity index (χ1v) is 11.5. The summed E-state index contributed by atoms with van der Waals surface area (Å²) >= 11 is 0. The van der Waals surface area contributed by atoms with Crippen molar-refractivity contribution in [3.63, 3.8) is 0 Å². The van der Waals surface area contributed by atoms with Crippen LogP contribution in [0.2, 0.25) is 0 Å². The monoisotopic (exact) mass is 526 g/mol. The van der Waals surface area contributed by atoms with Crippen LogP contribution in [0, 0.1) is 20.2 Å². The fourth-order valence-electron chi connectivity index (χ4n) is 3.68. The molecule has 0 unspecified atom stereocenters. The second-order valence-electron chi connectivity index (χ2n) is 8.08. The van der Waals surface area contributed by atoms with Gasteiger partial charge in [-0.25, -0.2) is 4.99 Å². The van der Waals surface area contributed by atoms with Gasteiger partial charge in [0.25, 0.3) is 17.3 Å². The molecular weight excluding hydrogens is 504 g/mol. The van der Waals surface area contributed by atoms with Gasteiger partial charge in [-0.05, 0) is 72.8 Å². The van der Waals surface area contributed by atoms with Gasteiger partial charge in [0.05, 0.1) is 35.4 Å². The molecule has 11 nitrogen and oxygen atoms in total. The lowest BCUT2D eigenvalue weighted by atomic mass is 10.1. The predicted octanol–water partition coefficient (Wildman–Crippen LogP) is 5.95. The number of amidine groups is 1. The minimum Gasteiger partial charge on any atom is -0.497 e. The fraction of sp³-hybridized carbons (Fsp3) is 0.0714. The third kappa shape index (κ3) is 6.05. The van der Waals surface area contributed by atoms with E-state index < -0.39 is 15.8 Å². The Morgan fingerprint density at radius 1 is 0.667 bits per heavy atom. The Labute approximate surface area is 222 Å². The first kappa shape index (κ1) is 26.5. The van der Waals surface area contributed by atoms with Crippen molar-refractivity contribution in [3.8, 4) is 11.5 Å². The first-order chi connectivity index (χ1) is 18.8. The molecule has 4 aromatic rings. The average molecular weight is 527 g/mol. The summed E-state index contributed by atoms with van der Waals surface area (Å²) in [5, 5.41) is 22.4. The van der Waals surface area contributed by atoms with Gasteiger partial charge in [0, 0.05) is 35.4 Å². The number of benzene rings is 4. The summed E-state index contributed by atoms with van der Waals surface area (Å²) in [6.07, 6.45) is 0. The highest BCUT2D eigenvalue weighted by molar-refractivity contribution is 6.28. The molecule has 0 aliphatic rings. The van der Waals surface area contributed by atoms with E-state index in [0.717, 1.165) is 0 Å². The third-order valence-corrected chi connectivity index (χ3v) is 5.71. The number of rotatable bonds is 8. The Morgan fingerprint density at radius 2 is 1.10 bits per heavy atom. The van der Waals surface area contributed by atoms with Gasteiger partial charge in [-0.3, -0.25) is 29.9 Å². The third-order valence-electron chi connectivity index (χ3n) is 5.71. The molecule has 0 radical (unpaired) electrons. The normalized spacial score (nSPS) is 11.0. The van der Waals surface area contributed by atoms with Crippen LogP contribution in [0.1, 0.15) is 15.9 Å². The minimum absolute atomic E-state index is 0.125. The van der Waals surface area contributed by atoms with E-state index in [9.17, 15) is 25.0 Å². The van der Waals surface area contributed by atoms with Gasteiger partial charge < -0.3 is 9.47 Å². The van der Waals surface area contributed by atoms with Crippen LogP contribution in [-0.2, 0) is 0 Å². The van der Waals surface area contributed by atoms with E-state index in [1.807, 2.05) is 0 Å². The largest absolute Gasteiger partial charge is 0.497 e. The summed E-state index contributed by atoms with van der Waals surface area (Å²) in [5.74, 6) is 0.814. The van der Waals surface area contributed by atoms with E-state index in [1.165, 1.54) is 67.7 Å². The van der Waals surface area contributed by atoms with Crippen molar-refractivity contribution in [2.75, 3.05) is 19.1 Å². The van der Waals surface area contributed by atoms with Crippen molar-refractivity contribution >= 4 is 34.5 Å². The smallest absolute Gasteiger partial charge is 0.269 e. The highest BCUT2D eigenvalue weighted by Gasteiger charge is 2.26. The number of ether oxygens (including phenoxy) is 2. The maximum absolute atomic E-state index is 14.0. The highest BCUT2D eigenvalue weighted by atomic mass is 16.6. The minimum atomic E-state index is -0.553. The van der Waals surface area contributed by atoms with Gasteiger partial charge in [-0.2, -0.15) is 0 Å². The number of carbonyl (C=O) groups excluding carboxylic acids is 1. The molecule has 0 aliphatic heterocycles. The zero-order valence-electron chi connectivity index (χ0n) is 20.9. The Kier molecular flexibility index (Phi) is 7.91. The molecule has 4 aromatic carbocycles. The van der Waals surface area contributed by atoms with Crippen molar-refractivity contribution in [2.24, 2.45) is 4.99 Å². The van der Waals surface area contributed by atoms with Crippen LogP contribution in [0.25, 0.3) is 0 Å². The molecule has 39 heavy (non-hydrogen) atoms. The van der Waals surface area contributed by atoms with Crippen LogP contribution in [0.15, 0.2) is 102 Å². The highest BCUT2D eigenvalue weighted by Crippen LogP contribution is 2.28. The summed E-state index contributed by atoms with van der Waals surface area (Å²) in [7, 11) is 3.05. The number of non-ortho nitro benzene ring substituents is 2. The molecule has 0 N–H and O–H groups in total. The molecule has 0 fully saturated rings. The number of hydrogen-bond acceptors (Lipinski definition) is 8. The van der Waals surface area contributed by atoms with Crippen molar-refractivity contribution in [2.45, 2.75) is 0 Å². The van der Waals surface area contributed by atoms with E-state index in [0.29, 0.717) is 28.4 Å².